The summed E-state index contributed by atoms with van der Waals surface area (Å²) < 4.78 is 0. The number of carbonyl (C=O) groups excluding carboxylic acids is 1. The minimum atomic E-state index is -0.287. The number of aromatic nitrogens is 2. The minimum absolute atomic E-state index is 0.0564. The number of aryl methyl sites for hydroxylation is 2. The number of thioether (sulfide) groups is 1. The van der Waals surface area contributed by atoms with Gasteiger partial charge in [-0.1, -0.05) is 48.2 Å². The molecule has 0 aliphatic heterocycles. The Morgan fingerprint density at radius 3 is 2.46 bits per heavy atom. The first kappa shape index (κ1) is 16.5. The number of benzene rings is 2. The number of fused-ring (bicyclic) bond motifs is 1. The first-order valence-electron chi connectivity index (χ1n) is 7.80. The van der Waals surface area contributed by atoms with E-state index in [1.54, 1.807) is 0 Å². The van der Waals surface area contributed by atoms with E-state index < -0.39 is 0 Å². The summed E-state index contributed by atoms with van der Waals surface area (Å²) in [6.07, 6.45) is 0. The van der Waals surface area contributed by atoms with E-state index >= 15 is 0 Å². The van der Waals surface area contributed by atoms with Crippen molar-refractivity contribution < 1.29 is 4.79 Å². The largest absolute Gasteiger partial charge is 0.325 e. The second-order valence-corrected chi connectivity index (χ2v) is 7.02. The predicted octanol–water partition coefficient (Wildman–Crippen LogP) is 4.37. The van der Waals surface area contributed by atoms with Crippen LogP contribution < -0.4 is 5.32 Å². The first-order chi connectivity index (χ1) is 11.5. The van der Waals surface area contributed by atoms with Crippen LogP contribution in [0.2, 0.25) is 0 Å². The van der Waals surface area contributed by atoms with E-state index in [2.05, 4.69) is 15.3 Å². The van der Waals surface area contributed by atoms with Crippen molar-refractivity contribution in [3.63, 3.8) is 0 Å². The zero-order valence-corrected chi connectivity index (χ0v) is 14.7. The lowest BCUT2D eigenvalue weighted by atomic mass is 10.1. The number of amides is 1. The lowest BCUT2D eigenvalue weighted by Crippen LogP contribution is -2.22. The average Bonchev–Trinajstić information content (AvgIpc) is 2.54. The third-order valence-electron chi connectivity index (χ3n) is 3.66. The molecule has 1 N–H and O–H groups in total. The molecule has 0 bridgehead atoms. The van der Waals surface area contributed by atoms with Gasteiger partial charge in [0.1, 0.15) is 0 Å². The van der Waals surface area contributed by atoms with Gasteiger partial charge in [-0.2, -0.15) is 0 Å². The van der Waals surface area contributed by atoms with Crippen LogP contribution >= 0.6 is 11.8 Å². The summed E-state index contributed by atoms with van der Waals surface area (Å²) in [4.78, 5) is 21.3. The van der Waals surface area contributed by atoms with E-state index in [0.717, 1.165) is 27.8 Å². The fourth-order valence-corrected chi connectivity index (χ4v) is 3.40. The first-order valence-corrected chi connectivity index (χ1v) is 8.68. The average molecular weight is 337 g/mol. The molecule has 24 heavy (non-hydrogen) atoms. The van der Waals surface area contributed by atoms with Crippen LogP contribution in [-0.2, 0) is 4.79 Å². The van der Waals surface area contributed by atoms with Crippen LogP contribution in [0, 0.1) is 13.8 Å². The zero-order chi connectivity index (χ0) is 17.1. The molecule has 1 atom stereocenters. The number of anilines is 1. The molecule has 0 unspecified atom stereocenters. The van der Waals surface area contributed by atoms with Gasteiger partial charge in [0.25, 0.3) is 0 Å². The van der Waals surface area contributed by atoms with Gasteiger partial charge in [0.15, 0.2) is 5.16 Å². The van der Waals surface area contributed by atoms with Gasteiger partial charge in [0, 0.05) is 22.5 Å². The Morgan fingerprint density at radius 1 is 1.04 bits per heavy atom. The standard InChI is InChI=1S/C19H19N3OS/c1-12-11-13(2)21-19(20-12)24-14(3)18(23)22-17-10-6-8-15-7-4-5-9-16(15)17/h4-11,14H,1-3H3,(H,22,23)/t14-/m1/s1. The van der Waals surface area contributed by atoms with Crippen LogP contribution in [0.1, 0.15) is 18.3 Å². The molecule has 0 saturated carbocycles. The van der Waals surface area contributed by atoms with Crippen LogP contribution in [0.15, 0.2) is 53.7 Å². The molecular weight excluding hydrogens is 318 g/mol. The second-order valence-electron chi connectivity index (χ2n) is 5.71. The molecular formula is C19H19N3OS. The van der Waals surface area contributed by atoms with Crippen molar-refractivity contribution >= 4 is 34.1 Å². The lowest BCUT2D eigenvalue weighted by Gasteiger charge is -2.13. The molecule has 0 fully saturated rings. The summed E-state index contributed by atoms with van der Waals surface area (Å²) in [6, 6.07) is 15.8. The second kappa shape index (κ2) is 7.01. The quantitative estimate of drug-likeness (QED) is 0.567. The molecule has 0 saturated heterocycles. The molecule has 1 heterocycles. The maximum atomic E-state index is 12.5. The fraction of sp³-hybridized carbons (Fsp3) is 0.211. The molecule has 3 rings (SSSR count). The molecule has 0 spiro atoms. The van der Waals surface area contributed by atoms with E-state index in [1.807, 2.05) is 69.3 Å². The highest BCUT2D eigenvalue weighted by Gasteiger charge is 2.17. The third kappa shape index (κ3) is 3.74. The molecule has 5 heteroatoms. The van der Waals surface area contributed by atoms with Gasteiger partial charge in [-0.15, -0.1) is 0 Å². The normalized spacial score (nSPS) is 12.1. The summed E-state index contributed by atoms with van der Waals surface area (Å²) in [6.45, 7) is 5.73. The van der Waals surface area contributed by atoms with Crippen LogP contribution in [0.5, 0.6) is 0 Å². The molecule has 1 aromatic heterocycles. The Morgan fingerprint density at radius 2 is 1.71 bits per heavy atom. The van der Waals surface area contributed by atoms with Crippen molar-refractivity contribution in [3.05, 3.63) is 59.9 Å². The Hall–Kier alpha value is -2.40. The predicted molar refractivity (Wildman–Crippen MR) is 99.4 cm³/mol. The van der Waals surface area contributed by atoms with E-state index in [4.69, 9.17) is 0 Å². The van der Waals surface area contributed by atoms with Crippen LogP contribution in [0.4, 0.5) is 5.69 Å². The number of hydrogen-bond acceptors (Lipinski definition) is 4. The van der Waals surface area contributed by atoms with Gasteiger partial charge in [-0.3, -0.25) is 4.79 Å². The number of rotatable bonds is 4. The van der Waals surface area contributed by atoms with E-state index in [-0.39, 0.29) is 11.2 Å². The lowest BCUT2D eigenvalue weighted by molar-refractivity contribution is -0.115. The van der Waals surface area contributed by atoms with E-state index in [0.29, 0.717) is 5.16 Å². The van der Waals surface area contributed by atoms with E-state index in [1.165, 1.54) is 11.8 Å². The monoisotopic (exact) mass is 337 g/mol. The van der Waals surface area contributed by atoms with Crippen molar-refractivity contribution in [2.75, 3.05) is 5.32 Å². The zero-order valence-electron chi connectivity index (χ0n) is 13.9. The third-order valence-corrected chi connectivity index (χ3v) is 4.62. The topological polar surface area (TPSA) is 54.9 Å². The highest BCUT2D eigenvalue weighted by molar-refractivity contribution is 8.00. The van der Waals surface area contributed by atoms with Gasteiger partial charge in [-0.05, 0) is 38.3 Å². The summed E-state index contributed by atoms with van der Waals surface area (Å²) in [5.41, 5.74) is 2.64. The van der Waals surface area contributed by atoms with Crippen molar-refractivity contribution in [2.24, 2.45) is 0 Å². The fourth-order valence-electron chi connectivity index (χ4n) is 2.53. The summed E-state index contributed by atoms with van der Waals surface area (Å²) in [5.74, 6) is -0.0564. The summed E-state index contributed by atoms with van der Waals surface area (Å²) >= 11 is 1.37. The smallest absolute Gasteiger partial charge is 0.237 e. The van der Waals surface area contributed by atoms with E-state index in [9.17, 15) is 4.79 Å². The van der Waals surface area contributed by atoms with Crippen molar-refractivity contribution in [3.8, 4) is 0 Å². The van der Waals surface area contributed by atoms with Gasteiger partial charge in [-0.25, -0.2) is 9.97 Å². The van der Waals surface area contributed by atoms with Crippen molar-refractivity contribution in [2.45, 2.75) is 31.2 Å². The maximum Gasteiger partial charge on any atom is 0.237 e. The Bertz CT molecular complexity index is 869. The van der Waals surface area contributed by atoms with Gasteiger partial charge < -0.3 is 5.32 Å². The Balaban J connectivity index is 1.76. The molecule has 4 nitrogen and oxygen atoms in total. The molecule has 0 aliphatic carbocycles. The van der Waals surface area contributed by atoms with Crippen molar-refractivity contribution in [1.82, 2.24) is 9.97 Å². The highest BCUT2D eigenvalue weighted by atomic mass is 32.2. The van der Waals surface area contributed by atoms with Gasteiger partial charge >= 0.3 is 0 Å². The van der Waals surface area contributed by atoms with Gasteiger partial charge in [0.2, 0.25) is 5.91 Å². The molecule has 122 valence electrons. The van der Waals surface area contributed by atoms with Crippen molar-refractivity contribution in [1.29, 1.82) is 0 Å². The van der Waals surface area contributed by atoms with Crippen LogP contribution in [-0.4, -0.2) is 21.1 Å². The molecule has 2 aromatic carbocycles. The number of nitrogens with one attached hydrogen (secondary N) is 1. The SMILES string of the molecule is Cc1cc(C)nc(S[C@H](C)C(=O)Nc2cccc3ccccc23)n1. The molecule has 0 radical (unpaired) electrons. The van der Waals surface area contributed by atoms with Crippen LogP contribution in [0.3, 0.4) is 0 Å². The highest BCUT2D eigenvalue weighted by Crippen LogP contribution is 2.25. The number of carbonyl (C=O) groups is 1. The molecule has 0 aliphatic rings. The number of hydrogen-bond donors (Lipinski definition) is 1. The Labute approximate surface area is 145 Å². The minimum Gasteiger partial charge on any atom is -0.325 e. The summed E-state index contributed by atoms with van der Waals surface area (Å²) in [7, 11) is 0. The van der Waals surface area contributed by atoms with Crippen LogP contribution in [0.25, 0.3) is 10.8 Å². The molecule has 1 amide bonds. The van der Waals surface area contributed by atoms with Gasteiger partial charge in [0.05, 0.1) is 5.25 Å². The number of nitrogens with zero attached hydrogens (tertiary/aromatic N) is 2. The molecule has 3 aromatic rings. The summed E-state index contributed by atoms with van der Waals surface area (Å²) in [5, 5.41) is 5.50. The Kier molecular flexibility index (Phi) is 4.81. The maximum absolute atomic E-state index is 12.5.